The average molecular weight is 381 g/mol. The van der Waals surface area contributed by atoms with E-state index in [1.54, 1.807) is 43.3 Å². The van der Waals surface area contributed by atoms with Crippen LogP contribution in [-0.4, -0.2) is 24.5 Å². The summed E-state index contributed by atoms with van der Waals surface area (Å²) in [4.78, 5) is 24.5. The minimum atomic E-state index is -0.819. The number of benzene rings is 2. The van der Waals surface area contributed by atoms with Crippen LogP contribution in [0.25, 0.3) is 0 Å². The molecular weight excluding hydrogens is 363 g/mol. The van der Waals surface area contributed by atoms with E-state index in [4.69, 9.17) is 27.9 Å². The van der Waals surface area contributed by atoms with Crippen molar-refractivity contribution in [3.63, 3.8) is 0 Å². The van der Waals surface area contributed by atoms with Crippen molar-refractivity contribution >= 4 is 40.7 Å². The molecule has 2 N–H and O–H groups in total. The van der Waals surface area contributed by atoms with Gasteiger partial charge in [-0.1, -0.05) is 35.3 Å². The number of para-hydroxylation sites is 1. The van der Waals surface area contributed by atoms with Crippen molar-refractivity contribution in [3.8, 4) is 5.75 Å². The average Bonchev–Trinajstić information content (AvgIpc) is 2.58. The standard InChI is InChI=1S/C18H18Cl2N2O3/c1-3-21-18(24)13-6-4-5-7-15(13)22-17(23)11(2)25-16-9-8-12(19)10-14(16)20/h4-11H,3H2,1-2H3,(H,21,24)(H,22,23)/t11-/m1/s1. The largest absolute Gasteiger partial charge is 0.479 e. The highest BCUT2D eigenvalue weighted by molar-refractivity contribution is 6.35. The lowest BCUT2D eigenvalue weighted by Crippen LogP contribution is -2.31. The van der Waals surface area contributed by atoms with Gasteiger partial charge in [-0.25, -0.2) is 0 Å². The number of hydrogen-bond donors (Lipinski definition) is 2. The van der Waals surface area contributed by atoms with Crippen LogP contribution in [0.1, 0.15) is 24.2 Å². The molecule has 0 radical (unpaired) electrons. The fourth-order valence-electron chi connectivity index (χ4n) is 2.10. The van der Waals surface area contributed by atoms with E-state index in [1.165, 1.54) is 6.07 Å². The maximum absolute atomic E-state index is 12.4. The van der Waals surface area contributed by atoms with Gasteiger partial charge in [-0.3, -0.25) is 9.59 Å². The van der Waals surface area contributed by atoms with Gasteiger partial charge in [-0.15, -0.1) is 0 Å². The Labute approximate surface area is 156 Å². The third-order valence-electron chi connectivity index (χ3n) is 3.33. The van der Waals surface area contributed by atoms with Crippen molar-refractivity contribution in [3.05, 3.63) is 58.1 Å². The molecule has 0 aromatic heterocycles. The highest BCUT2D eigenvalue weighted by Gasteiger charge is 2.19. The van der Waals surface area contributed by atoms with Crippen LogP contribution in [0, 0.1) is 0 Å². The van der Waals surface area contributed by atoms with E-state index < -0.39 is 12.0 Å². The predicted octanol–water partition coefficient (Wildman–Crippen LogP) is 4.15. The van der Waals surface area contributed by atoms with Crippen molar-refractivity contribution in [2.24, 2.45) is 0 Å². The number of halogens is 2. The molecule has 5 nitrogen and oxygen atoms in total. The van der Waals surface area contributed by atoms with E-state index in [0.717, 1.165) is 0 Å². The Morgan fingerprint density at radius 2 is 1.88 bits per heavy atom. The third kappa shape index (κ3) is 5.11. The van der Waals surface area contributed by atoms with Gasteiger partial charge in [0.1, 0.15) is 5.75 Å². The number of hydrogen-bond acceptors (Lipinski definition) is 3. The molecule has 0 unspecified atom stereocenters. The summed E-state index contributed by atoms with van der Waals surface area (Å²) in [6, 6.07) is 11.5. The molecular formula is C18H18Cl2N2O3. The lowest BCUT2D eigenvalue weighted by molar-refractivity contribution is -0.122. The van der Waals surface area contributed by atoms with Crippen LogP contribution >= 0.6 is 23.2 Å². The van der Waals surface area contributed by atoms with Crippen molar-refractivity contribution in [1.29, 1.82) is 0 Å². The highest BCUT2D eigenvalue weighted by Crippen LogP contribution is 2.28. The Kier molecular flexibility index (Phi) is 6.67. The number of carbonyl (C=O) groups excluding carboxylic acids is 2. The summed E-state index contributed by atoms with van der Waals surface area (Å²) in [6.07, 6.45) is -0.819. The lowest BCUT2D eigenvalue weighted by atomic mass is 10.1. The van der Waals surface area contributed by atoms with Gasteiger partial charge >= 0.3 is 0 Å². The Morgan fingerprint density at radius 3 is 2.56 bits per heavy atom. The number of carbonyl (C=O) groups is 2. The molecule has 0 aliphatic rings. The number of anilines is 1. The molecule has 0 aliphatic carbocycles. The fraction of sp³-hybridized carbons (Fsp3) is 0.222. The highest BCUT2D eigenvalue weighted by atomic mass is 35.5. The first-order chi connectivity index (χ1) is 11.9. The topological polar surface area (TPSA) is 67.4 Å². The minimum absolute atomic E-state index is 0.257. The van der Waals surface area contributed by atoms with E-state index >= 15 is 0 Å². The summed E-state index contributed by atoms with van der Waals surface area (Å²) in [6.45, 7) is 3.91. The van der Waals surface area contributed by atoms with Crippen molar-refractivity contribution in [1.82, 2.24) is 5.32 Å². The van der Waals surface area contributed by atoms with Crippen molar-refractivity contribution < 1.29 is 14.3 Å². The molecule has 2 amide bonds. The molecule has 0 bridgehead atoms. The zero-order valence-electron chi connectivity index (χ0n) is 13.8. The van der Waals surface area contributed by atoms with E-state index in [-0.39, 0.29) is 5.91 Å². The van der Waals surface area contributed by atoms with Gasteiger partial charge in [0.25, 0.3) is 11.8 Å². The van der Waals surface area contributed by atoms with Gasteiger partial charge in [0.05, 0.1) is 16.3 Å². The zero-order chi connectivity index (χ0) is 18.4. The van der Waals surface area contributed by atoms with E-state index in [0.29, 0.717) is 33.6 Å². The molecule has 0 fully saturated rings. The Bertz CT molecular complexity index is 781. The Balaban J connectivity index is 2.10. The third-order valence-corrected chi connectivity index (χ3v) is 3.86. The summed E-state index contributed by atoms with van der Waals surface area (Å²) >= 11 is 11.9. The maximum atomic E-state index is 12.4. The monoisotopic (exact) mass is 380 g/mol. The molecule has 7 heteroatoms. The molecule has 0 aliphatic heterocycles. The Hall–Kier alpha value is -2.24. The molecule has 2 rings (SSSR count). The lowest BCUT2D eigenvalue weighted by Gasteiger charge is -2.17. The summed E-state index contributed by atoms with van der Waals surface area (Å²) in [5, 5.41) is 6.20. The molecule has 132 valence electrons. The summed E-state index contributed by atoms with van der Waals surface area (Å²) in [5.74, 6) is -0.304. The van der Waals surface area contributed by atoms with Gasteiger partial charge in [0.15, 0.2) is 6.10 Å². The van der Waals surface area contributed by atoms with Gasteiger partial charge in [-0.05, 0) is 44.2 Å². The van der Waals surface area contributed by atoms with Crippen LogP contribution in [0.5, 0.6) is 5.75 Å². The Morgan fingerprint density at radius 1 is 1.16 bits per heavy atom. The predicted molar refractivity (Wildman–Crippen MR) is 99.6 cm³/mol. The SMILES string of the molecule is CCNC(=O)c1ccccc1NC(=O)[C@@H](C)Oc1ccc(Cl)cc1Cl. The van der Waals surface area contributed by atoms with Gasteiger partial charge in [-0.2, -0.15) is 0 Å². The number of rotatable bonds is 6. The minimum Gasteiger partial charge on any atom is -0.479 e. The van der Waals surface area contributed by atoms with Crippen molar-refractivity contribution in [2.75, 3.05) is 11.9 Å². The quantitative estimate of drug-likeness (QED) is 0.790. The van der Waals surface area contributed by atoms with Crippen LogP contribution in [0.2, 0.25) is 10.0 Å². The first kappa shape index (κ1) is 19.1. The van der Waals surface area contributed by atoms with Crippen molar-refractivity contribution in [2.45, 2.75) is 20.0 Å². The maximum Gasteiger partial charge on any atom is 0.265 e. The van der Waals surface area contributed by atoms with Gasteiger partial charge in [0.2, 0.25) is 0 Å². The van der Waals surface area contributed by atoms with Crippen LogP contribution < -0.4 is 15.4 Å². The molecule has 0 saturated heterocycles. The summed E-state index contributed by atoms with van der Waals surface area (Å²) in [7, 11) is 0. The fourth-order valence-corrected chi connectivity index (χ4v) is 2.55. The normalized spacial score (nSPS) is 11.5. The second-order valence-electron chi connectivity index (χ2n) is 5.23. The van der Waals surface area contributed by atoms with E-state index in [1.807, 2.05) is 6.92 Å². The second-order valence-corrected chi connectivity index (χ2v) is 6.07. The molecule has 1 atom stereocenters. The number of ether oxygens (including phenoxy) is 1. The number of amides is 2. The molecule has 2 aromatic carbocycles. The first-order valence-corrected chi connectivity index (χ1v) is 8.47. The summed E-state index contributed by atoms with van der Waals surface area (Å²) in [5.41, 5.74) is 0.797. The van der Waals surface area contributed by atoms with Crippen LogP contribution in [0.3, 0.4) is 0 Å². The molecule has 2 aromatic rings. The molecule has 25 heavy (non-hydrogen) atoms. The molecule has 0 heterocycles. The van der Waals surface area contributed by atoms with Gasteiger partial charge < -0.3 is 15.4 Å². The first-order valence-electron chi connectivity index (χ1n) is 7.72. The smallest absolute Gasteiger partial charge is 0.265 e. The summed E-state index contributed by atoms with van der Waals surface area (Å²) < 4.78 is 5.58. The van der Waals surface area contributed by atoms with Crippen LogP contribution in [-0.2, 0) is 4.79 Å². The van der Waals surface area contributed by atoms with E-state index in [9.17, 15) is 9.59 Å². The zero-order valence-corrected chi connectivity index (χ0v) is 15.3. The van der Waals surface area contributed by atoms with E-state index in [2.05, 4.69) is 10.6 Å². The van der Waals surface area contributed by atoms with Crippen LogP contribution in [0.15, 0.2) is 42.5 Å². The van der Waals surface area contributed by atoms with Crippen LogP contribution in [0.4, 0.5) is 5.69 Å². The molecule has 0 saturated carbocycles. The molecule has 0 spiro atoms. The number of nitrogens with one attached hydrogen (secondary N) is 2. The van der Waals surface area contributed by atoms with Gasteiger partial charge in [0, 0.05) is 11.6 Å². The second kappa shape index (κ2) is 8.74.